The average Bonchev–Trinajstić information content (AvgIpc) is 2.70. The molecule has 1 amide bonds. The molecule has 0 unspecified atom stereocenters. The molecule has 1 rings (SSSR count). The maximum Gasteiger partial charge on any atom is 0.221 e. The Morgan fingerprint density at radius 2 is 2.33 bits per heavy atom. The molecule has 3 nitrogen and oxygen atoms in total. The number of carbonyl (C=O) groups is 1. The van der Waals surface area contributed by atoms with E-state index >= 15 is 0 Å². The van der Waals surface area contributed by atoms with Gasteiger partial charge in [-0.15, -0.1) is 0 Å². The minimum absolute atomic E-state index is 0.125. The minimum Gasteiger partial charge on any atom is -0.356 e. The summed E-state index contributed by atoms with van der Waals surface area (Å²) in [5, 5.41) is 10.3. The molecule has 0 atom stereocenters. The Morgan fingerprint density at radius 3 is 3.00 bits per heavy atom. The van der Waals surface area contributed by atoms with Gasteiger partial charge in [0.05, 0.1) is 0 Å². The topological polar surface area (TPSA) is 41.1 Å². The van der Waals surface area contributed by atoms with Crippen LogP contribution in [0.15, 0.2) is 16.8 Å². The Balaban J connectivity index is 1.95. The van der Waals surface area contributed by atoms with E-state index in [1.807, 2.05) is 6.92 Å². The lowest BCUT2D eigenvalue weighted by atomic mass is 10.2. The second-order valence-corrected chi connectivity index (χ2v) is 4.12. The van der Waals surface area contributed by atoms with Crippen LogP contribution in [0.2, 0.25) is 0 Å². The highest BCUT2D eigenvalue weighted by Crippen LogP contribution is 2.05. The highest BCUT2D eigenvalue weighted by atomic mass is 32.1. The zero-order valence-electron chi connectivity index (χ0n) is 9.08. The van der Waals surface area contributed by atoms with Crippen molar-refractivity contribution in [3.63, 3.8) is 0 Å². The van der Waals surface area contributed by atoms with E-state index in [1.54, 1.807) is 11.3 Å². The maximum absolute atomic E-state index is 11.1. The Kier molecular flexibility index (Phi) is 6.04. The number of thiophene rings is 1. The van der Waals surface area contributed by atoms with Crippen LogP contribution in [-0.2, 0) is 11.2 Å². The zero-order valence-corrected chi connectivity index (χ0v) is 9.90. The fraction of sp³-hybridized carbons (Fsp3) is 0.545. The number of hydrogen-bond acceptors (Lipinski definition) is 3. The number of carbonyl (C=O) groups excluding carboxylic acids is 1. The van der Waals surface area contributed by atoms with Crippen LogP contribution in [0, 0.1) is 0 Å². The summed E-state index contributed by atoms with van der Waals surface area (Å²) in [6.07, 6.45) is 1.61. The first-order valence-corrected chi connectivity index (χ1v) is 6.25. The van der Waals surface area contributed by atoms with Crippen molar-refractivity contribution in [2.75, 3.05) is 19.6 Å². The van der Waals surface area contributed by atoms with E-state index in [4.69, 9.17) is 0 Å². The molecule has 0 bridgehead atoms. The van der Waals surface area contributed by atoms with Crippen molar-refractivity contribution in [2.45, 2.75) is 19.8 Å². The van der Waals surface area contributed by atoms with Gasteiger partial charge in [0, 0.05) is 19.5 Å². The summed E-state index contributed by atoms with van der Waals surface area (Å²) in [6.45, 7) is 4.35. The third kappa shape index (κ3) is 5.54. The highest BCUT2D eigenvalue weighted by Gasteiger charge is 1.98. The van der Waals surface area contributed by atoms with Crippen molar-refractivity contribution in [1.29, 1.82) is 0 Å². The lowest BCUT2D eigenvalue weighted by Gasteiger charge is -2.04. The Labute approximate surface area is 94.9 Å². The molecule has 15 heavy (non-hydrogen) atoms. The molecule has 0 aliphatic heterocycles. The molecule has 1 aromatic heterocycles. The summed E-state index contributed by atoms with van der Waals surface area (Å²) in [6, 6.07) is 2.14. The predicted octanol–water partition coefficient (Wildman–Crippen LogP) is 1.41. The molecular formula is C11H18N2OS. The smallest absolute Gasteiger partial charge is 0.221 e. The molecule has 0 aromatic carbocycles. The Hall–Kier alpha value is -0.870. The van der Waals surface area contributed by atoms with Crippen LogP contribution in [0.5, 0.6) is 0 Å². The average molecular weight is 226 g/mol. The maximum atomic E-state index is 11.1. The van der Waals surface area contributed by atoms with E-state index in [1.165, 1.54) is 5.56 Å². The van der Waals surface area contributed by atoms with E-state index in [9.17, 15) is 4.79 Å². The summed E-state index contributed by atoms with van der Waals surface area (Å²) in [4.78, 5) is 11.1. The number of rotatable bonds is 7. The first-order chi connectivity index (χ1) is 7.33. The van der Waals surface area contributed by atoms with Gasteiger partial charge < -0.3 is 10.6 Å². The summed E-state index contributed by atoms with van der Waals surface area (Å²) in [5.41, 5.74) is 1.37. The third-order valence-electron chi connectivity index (χ3n) is 2.07. The molecule has 0 aliphatic carbocycles. The van der Waals surface area contributed by atoms with Crippen molar-refractivity contribution in [3.05, 3.63) is 22.4 Å². The first-order valence-electron chi connectivity index (χ1n) is 5.31. The van der Waals surface area contributed by atoms with Crippen LogP contribution in [0.1, 0.15) is 18.9 Å². The predicted molar refractivity (Wildman–Crippen MR) is 64.2 cm³/mol. The SMILES string of the molecule is CCNC(=O)CCNCCc1ccsc1. The molecule has 0 aliphatic rings. The molecule has 4 heteroatoms. The summed E-state index contributed by atoms with van der Waals surface area (Å²) in [5.74, 6) is 0.125. The van der Waals surface area contributed by atoms with Gasteiger partial charge in [-0.05, 0) is 42.3 Å². The standard InChI is InChI=1S/C11H18N2OS/c1-2-13-11(14)4-7-12-6-3-10-5-8-15-9-10/h5,8-9,12H,2-4,6-7H2,1H3,(H,13,14). The monoisotopic (exact) mass is 226 g/mol. The number of amides is 1. The first kappa shape index (κ1) is 12.2. The molecule has 0 saturated heterocycles. The van der Waals surface area contributed by atoms with Crippen LogP contribution >= 0.6 is 11.3 Å². The molecule has 2 N–H and O–H groups in total. The van der Waals surface area contributed by atoms with Gasteiger partial charge >= 0.3 is 0 Å². The van der Waals surface area contributed by atoms with Crippen LogP contribution in [0.3, 0.4) is 0 Å². The third-order valence-corrected chi connectivity index (χ3v) is 2.81. The second-order valence-electron chi connectivity index (χ2n) is 3.34. The van der Waals surface area contributed by atoms with Gasteiger partial charge in [-0.25, -0.2) is 0 Å². The van der Waals surface area contributed by atoms with Gasteiger partial charge in [-0.3, -0.25) is 4.79 Å². The highest BCUT2D eigenvalue weighted by molar-refractivity contribution is 7.07. The lowest BCUT2D eigenvalue weighted by Crippen LogP contribution is -2.28. The van der Waals surface area contributed by atoms with Crippen LogP contribution < -0.4 is 10.6 Å². The largest absolute Gasteiger partial charge is 0.356 e. The van der Waals surface area contributed by atoms with E-state index in [0.29, 0.717) is 13.0 Å². The summed E-state index contributed by atoms with van der Waals surface area (Å²) >= 11 is 1.72. The van der Waals surface area contributed by atoms with Gasteiger partial charge in [-0.1, -0.05) is 0 Å². The van der Waals surface area contributed by atoms with E-state index in [2.05, 4.69) is 27.5 Å². The van der Waals surface area contributed by atoms with Crippen molar-refractivity contribution >= 4 is 17.2 Å². The van der Waals surface area contributed by atoms with Gasteiger partial charge in [0.2, 0.25) is 5.91 Å². The molecule has 0 spiro atoms. The number of nitrogens with one attached hydrogen (secondary N) is 2. The fourth-order valence-electron chi connectivity index (χ4n) is 1.28. The van der Waals surface area contributed by atoms with Gasteiger partial charge in [0.25, 0.3) is 0 Å². The van der Waals surface area contributed by atoms with Gasteiger partial charge in [0.15, 0.2) is 0 Å². The van der Waals surface area contributed by atoms with E-state index in [0.717, 1.165) is 19.5 Å². The normalized spacial score (nSPS) is 10.2. The van der Waals surface area contributed by atoms with Crippen molar-refractivity contribution in [1.82, 2.24) is 10.6 Å². The zero-order chi connectivity index (χ0) is 10.9. The molecular weight excluding hydrogens is 208 g/mol. The molecule has 84 valence electrons. The second kappa shape index (κ2) is 7.43. The van der Waals surface area contributed by atoms with Crippen LogP contribution in [-0.4, -0.2) is 25.5 Å². The summed E-state index contributed by atoms with van der Waals surface area (Å²) in [7, 11) is 0. The van der Waals surface area contributed by atoms with Crippen molar-refractivity contribution in [2.24, 2.45) is 0 Å². The van der Waals surface area contributed by atoms with Crippen LogP contribution in [0.4, 0.5) is 0 Å². The van der Waals surface area contributed by atoms with E-state index < -0.39 is 0 Å². The quantitative estimate of drug-likeness (QED) is 0.690. The van der Waals surface area contributed by atoms with Crippen LogP contribution in [0.25, 0.3) is 0 Å². The molecule has 1 heterocycles. The fourth-order valence-corrected chi connectivity index (χ4v) is 1.98. The van der Waals surface area contributed by atoms with Crippen molar-refractivity contribution < 1.29 is 4.79 Å². The lowest BCUT2D eigenvalue weighted by molar-refractivity contribution is -0.120. The molecule has 0 fully saturated rings. The van der Waals surface area contributed by atoms with Gasteiger partial charge in [0.1, 0.15) is 0 Å². The molecule has 0 radical (unpaired) electrons. The number of hydrogen-bond donors (Lipinski definition) is 2. The molecule has 1 aromatic rings. The van der Waals surface area contributed by atoms with Gasteiger partial charge in [-0.2, -0.15) is 11.3 Å². The van der Waals surface area contributed by atoms with E-state index in [-0.39, 0.29) is 5.91 Å². The Bertz CT molecular complexity index is 272. The summed E-state index contributed by atoms with van der Waals surface area (Å²) < 4.78 is 0. The molecule has 0 saturated carbocycles. The Morgan fingerprint density at radius 1 is 1.47 bits per heavy atom. The minimum atomic E-state index is 0.125. The van der Waals surface area contributed by atoms with Crippen molar-refractivity contribution in [3.8, 4) is 0 Å².